The Labute approximate surface area is 104 Å². The van der Waals surface area contributed by atoms with Gasteiger partial charge in [-0.3, -0.25) is 10.1 Å². The van der Waals surface area contributed by atoms with Crippen LogP contribution in [0.3, 0.4) is 0 Å². The van der Waals surface area contributed by atoms with Gasteiger partial charge in [-0.25, -0.2) is 4.98 Å². The third-order valence-electron chi connectivity index (χ3n) is 2.53. The van der Waals surface area contributed by atoms with Crippen LogP contribution in [0.5, 0.6) is 0 Å². The fourth-order valence-electron chi connectivity index (χ4n) is 1.71. The standard InChI is InChI=1S/C13H13N3O2/c1-9(2)8-15-11-5-6-12(16(17)18)13-10(11)4-3-7-14-13/h3-7,15H,1,8H2,2H3. The number of nitro groups is 1. The maximum Gasteiger partial charge on any atom is 0.295 e. The number of benzene rings is 1. The molecule has 0 aliphatic rings. The van der Waals surface area contributed by atoms with Crippen LogP contribution in [-0.2, 0) is 0 Å². The van der Waals surface area contributed by atoms with E-state index in [9.17, 15) is 10.1 Å². The number of non-ortho nitro benzene ring substituents is 1. The van der Waals surface area contributed by atoms with Gasteiger partial charge in [0, 0.05) is 29.9 Å². The molecule has 18 heavy (non-hydrogen) atoms. The van der Waals surface area contributed by atoms with Crippen LogP contribution in [-0.4, -0.2) is 16.5 Å². The van der Waals surface area contributed by atoms with Crippen molar-refractivity contribution in [1.82, 2.24) is 4.98 Å². The quantitative estimate of drug-likeness (QED) is 0.509. The van der Waals surface area contributed by atoms with Crippen LogP contribution in [0.1, 0.15) is 6.92 Å². The summed E-state index contributed by atoms with van der Waals surface area (Å²) in [5, 5.41) is 14.9. The van der Waals surface area contributed by atoms with Crippen molar-refractivity contribution < 1.29 is 4.92 Å². The molecule has 0 saturated heterocycles. The summed E-state index contributed by atoms with van der Waals surface area (Å²) in [6.45, 7) is 6.35. The van der Waals surface area contributed by atoms with E-state index < -0.39 is 4.92 Å². The average molecular weight is 243 g/mol. The largest absolute Gasteiger partial charge is 0.381 e. The molecule has 1 aromatic heterocycles. The predicted octanol–water partition coefficient (Wildman–Crippen LogP) is 3.13. The Morgan fingerprint density at radius 1 is 1.50 bits per heavy atom. The first-order valence-electron chi connectivity index (χ1n) is 5.50. The first-order valence-corrected chi connectivity index (χ1v) is 5.50. The lowest BCUT2D eigenvalue weighted by Crippen LogP contribution is -2.03. The molecule has 1 N–H and O–H groups in total. The molecule has 2 aromatic rings. The number of hydrogen-bond acceptors (Lipinski definition) is 4. The van der Waals surface area contributed by atoms with E-state index in [0.29, 0.717) is 12.1 Å². The van der Waals surface area contributed by atoms with Gasteiger partial charge < -0.3 is 5.32 Å². The number of fused-ring (bicyclic) bond motifs is 1. The number of rotatable bonds is 4. The van der Waals surface area contributed by atoms with Gasteiger partial charge in [0.1, 0.15) is 5.52 Å². The molecule has 0 aliphatic carbocycles. The van der Waals surface area contributed by atoms with Gasteiger partial charge in [-0.2, -0.15) is 0 Å². The van der Waals surface area contributed by atoms with Gasteiger partial charge in [0.2, 0.25) is 0 Å². The Hall–Kier alpha value is -2.43. The SMILES string of the molecule is C=C(C)CNc1ccc([N+](=O)[O-])c2ncccc12. The summed E-state index contributed by atoms with van der Waals surface area (Å²) in [6.07, 6.45) is 1.55. The number of anilines is 1. The molecule has 0 radical (unpaired) electrons. The minimum Gasteiger partial charge on any atom is -0.381 e. The van der Waals surface area contributed by atoms with Gasteiger partial charge in [-0.1, -0.05) is 12.2 Å². The van der Waals surface area contributed by atoms with Crippen LogP contribution in [0.25, 0.3) is 10.9 Å². The van der Waals surface area contributed by atoms with Crippen molar-refractivity contribution in [2.24, 2.45) is 0 Å². The number of nitrogens with one attached hydrogen (secondary N) is 1. The molecule has 5 nitrogen and oxygen atoms in total. The predicted molar refractivity (Wildman–Crippen MR) is 71.7 cm³/mol. The Morgan fingerprint density at radius 2 is 2.28 bits per heavy atom. The van der Waals surface area contributed by atoms with Crippen LogP contribution in [0.2, 0.25) is 0 Å². The van der Waals surface area contributed by atoms with E-state index >= 15 is 0 Å². The molecule has 0 amide bonds. The fourth-order valence-corrected chi connectivity index (χ4v) is 1.71. The lowest BCUT2D eigenvalue weighted by molar-refractivity contribution is -0.383. The third kappa shape index (κ3) is 2.29. The third-order valence-corrected chi connectivity index (χ3v) is 2.53. The van der Waals surface area contributed by atoms with Gasteiger partial charge in [0.05, 0.1) is 4.92 Å². The summed E-state index contributed by atoms with van der Waals surface area (Å²) < 4.78 is 0. The molecule has 0 bridgehead atoms. The molecule has 1 heterocycles. The van der Waals surface area contributed by atoms with Gasteiger partial charge in [-0.15, -0.1) is 0 Å². The zero-order valence-electron chi connectivity index (χ0n) is 10.0. The topological polar surface area (TPSA) is 68.1 Å². The molecule has 2 rings (SSSR count). The van der Waals surface area contributed by atoms with E-state index in [-0.39, 0.29) is 5.69 Å². The Bertz CT molecular complexity index is 623. The summed E-state index contributed by atoms with van der Waals surface area (Å²) in [4.78, 5) is 14.6. The minimum absolute atomic E-state index is 0.0199. The van der Waals surface area contributed by atoms with E-state index in [0.717, 1.165) is 16.6 Å². The van der Waals surface area contributed by atoms with Crippen LogP contribution >= 0.6 is 0 Å². The van der Waals surface area contributed by atoms with Gasteiger partial charge in [0.15, 0.2) is 0 Å². The van der Waals surface area contributed by atoms with Crippen molar-refractivity contribution in [3.05, 3.63) is 52.7 Å². The normalized spacial score (nSPS) is 10.3. The summed E-state index contributed by atoms with van der Waals surface area (Å²) >= 11 is 0. The monoisotopic (exact) mass is 243 g/mol. The van der Waals surface area contributed by atoms with Crippen LogP contribution in [0.15, 0.2) is 42.6 Å². The molecule has 0 saturated carbocycles. The smallest absolute Gasteiger partial charge is 0.295 e. The highest BCUT2D eigenvalue weighted by molar-refractivity contribution is 5.96. The molecule has 5 heteroatoms. The Kier molecular flexibility index (Phi) is 3.23. The average Bonchev–Trinajstić information content (AvgIpc) is 2.35. The second-order valence-corrected chi connectivity index (χ2v) is 4.10. The van der Waals surface area contributed by atoms with Crippen LogP contribution in [0, 0.1) is 10.1 Å². The Morgan fingerprint density at radius 3 is 2.94 bits per heavy atom. The van der Waals surface area contributed by atoms with E-state index in [2.05, 4.69) is 16.9 Å². The molecule has 0 spiro atoms. The summed E-state index contributed by atoms with van der Waals surface area (Å²) in [6, 6.07) is 6.75. The molecule has 0 atom stereocenters. The lowest BCUT2D eigenvalue weighted by atomic mass is 10.1. The zero-order chi connectivity index (χ0) is 13.1. The van der Waals surface area contributed by atoms with Gasteiger partial charge >= 0.3 is 0 Å². The van der Waals surface area contributed by atoms with E-state index in [4.69, 9.17) is 0 Å². The number of nitro benzene ring substituents is 1. The fraction of sp³-hybridized carbons (Fsp3) is 0.154. The highest BCUT2D eigenvalue weighted by atomic mass is 16.6. The number of hydrogen-bond donors (Lipinski definition) is 1. The summed E-state index contributed by atoms with van der Waals surface area (Å²) in [5.74, 6) is 0. The second kappa shape index (κ2) is 4.83. The van der Waals surface area contributed by atoms with Crippen LogP contribution < -0.4 is 5.32 Å². The maximum absolute atomic E-state index is 10.9. The minimum atomic E-state index is -0.419. The molecule has 0 fully saturated rings. The van der Waals surface area contributed by atoms with Crippen molar-refractivity contribution >= 4 is 22.3 Å². The molecule has 0 unspecified atom stereocenters. The molecular weight excluding hydrogens is 230 g/mol. The van der Waals surface area contributed by atoms with Crippen molar-refractivity contribution in [3.63, 3.8) is 0 Å². The first kappa shape index (κ1) is 12.0. The van der Waals surface area contributed by atoms with Crippen LogP contribution in [0.4, 0.5) is 11.4 Å². The number of nitrogens with zero attached hydrogens (tertiary/aromatic N) is 2. The van der Waals surface area contributed by atoms with Crippen molar-refractivity contribution in [3.8, 4) is 0 Å². The highest BCUT2D eigenvalue weighted by Gasteiger charge is 2.14. The Balaban J connectivity index is 2.53. The van der Waals surface area contributed by atoms with Crippen molar-refractivity contribution in [2.45, 2.75) is 6.92 Å². The number of pyridine rings is 1. The molecule has 1 aromatic carbocycles. The van der Waals surface area contributed by atoms with E-state index in [1.807, 2.05) is 13.0 Å². The van der Waals surface area contributed by atoms with Gasteiger partial charge in [0.25, 0.3) is 5.69 Å². The van der Waals surface area contributed by atoms with Crippen molar-refractivity contribution in [2.75, 3.05) is 11.9 Å². The van der Waals surface area contributed by atoms with E-state index in [1.54, 1.807) is 18.3 Å². The summed E-state index contributed by atoms with van der Waals surface area (Å²) in [7, 11) is 0. The highest BCUT2D eigenvalue weighted by Crippen LogP contribution is 2.29. The first-order chi connectivity index (χ1) is 8.59. The second-order valence-electron chi connectivity index (χ2n) is 4.10. The maximum atomic E-state index is 10.9. The number of aromatic nitrogens is 1. The molecular formula is C13H13N3O2. The van der Waals surface area contributed by atoms with E-state index in [1.165, 1.54) is 6.07 Å². The van der Waals surface area contributed by atoms with Gasteiger partial charge in [-0.05, 0) is 25.1 Å². The molecule has 0 aliphatic heterocycles. The molecule has 92 valence electrons. The zero-order valence-corrected chi connectivity index (χ0v) is 10.0. The van der Waals surface area contributed by atoms with Crippen molar-refractivity contribution in [1.29, 1.82) is 0 Å². The summed E-state index contributed by atoms with van der Waals surface area (Å²) in [5.41, 5.74) is 2.23. The lowest BCUT2D eigenvalue weighted by Gasteiger charge is -2.09.